The zero-order chi connectivity index (χ0) is 25.3. The molecule has 0 amide bonds. The van der Waals surface area contributed by atoms with Crippen LogP contribution in [0.2, 0.25) is 0 Å². The van der Waals surface area contributed by atoms with Gasteiger partial charge in [0.25, 0.3) is 9.84 Å². The summed E-state index contributed by atoms with van der Waals surface area (Å²) in [6.45, 7) is 3.47. The van der Waals surface area contributed by atoms with Crippen LogP contribution in [0.15, 0.2) is 63.2 Å². The molecule has 1 heterocycles. The molecule has 0 bridgehead atoms. The molecule has 0 saturated carbocycles. The molecule has 1 fully saturated rings. The van der Waals surface area contributed by atoms with Gasteiger partial charge in [0.05, 0.1) is 30.9 Å². The topological polar surface area (TPSA) is 103 Å². The number of nitrogens with two attached hydrogens (primary N) is 1. The number of anilines is 1. The van der Waals surface area contributed by atoms with E-state index in [4.69, 9.17) is 10.6 Å². The Morgan fingerprint density at radius 2 is 1.83 bits per heavy atom. The van der Waals surface area contributed by atoms with Gasteiger partial charge < -0.3 is 10.1 Å². The highest BCUT2D eigenvalue weighted by atomic mass is 32.2. The number of nitrogens with one attached hydrogen (secondary N) is 1. The molecule has 0 radical (unpaired) electrons. The lowest BCUT2D eigenvalue weighted by atomic mass is 10.2. The first kappa shape index (κ1) is 28.1. The van der Waals surface area contributed by atoms with Gasteiger partial charge in [0.2, 0.25) is 0 Å². The van der Waals surface area contributed by atoms with Crippen molar-refractivity contribution in [2.24, 2.45) is 5.90 Å². The first-order valence-corrected chi connectivity index (χ1v) is 13.8. The highest BCUT2D eigenvalue weighted by molar-refractivity contribution is 7.99. The van der Waals surface area contributed by atoms with Crippen molar-refractivity contribution in [1.82, 2.24) is 4.90 Å². The quantitative estimate of drug-likeness (QED) is 0.173. The first-order chi connectivity index (χ1) is 16.7. The van der Waals surface area contributed by atoms with E-state index in [0.29, 0.717) is 44.0 Å². The molecule has 0 spiro atoms. The number of rotatable bonds is 12. The Balaban J connectivity index is 1.85. The second-order valence-corrected chi connectivity index (χ2v) is 11.3. The maximum absolute atomic E-state index is 13.5. The number of sulfone groups is 1. The number of morpholine rings is 1. The van der Waals surface area contributed by atoms with Crippen molar-refractivity contribution < 1.29 is 35.6 Å². The van der Waals surface area contributed by atoms with E-state index >= 15 is 0 Å². The summed E-state index contributed by atoms with van der Waals surface area (Å²) in [7, 11) is -5.64. The largest absolute Gasteiger partial charge is 0.501 e. The number of alkyl halides is 3. The van der Waals surface area contributed by atoms with Gasteiger partial charge in [0.15, 0.2) is 0 Å². The van der Waals surface area contributed by atoms with Crippen LogP contribution < -0.4 is 11.2 Å². The number of halogens is 3. The number of thioether (sulfide) groups is 1. The summed E-state index contributed by atoms with van der Waals surface area (Å²) >= 11 is 2.03. The van der Waals surface area contributed by atoms with E-state index in [1.807, 2.05) is 30.3 Å². The van der Waals surface area contributed by atoms with Crippen LogP contribution in [0.3, 0.4) is 0 Å². The average molecular weight is 554 g/mol. The molecule has 0 unspecified atom stereocenters. The normalized spacial score (nSPS) is 16.2. The lowest BCUT2D eigenvalue weighted by Gasteiger charge is -2.29. The highest BCUT2D eigenvalue weighted by Crippen LogP contribution is 2.37. The zero-order valence-corrected chi connectivity index (χ0v) is 21.0. The number of ether oxygens (including phenoxy) is 1. The van der Waals surface area contributed by atoms with Crippen molar-refractivity contribution in [3.8, 4) is 0 Å². The average Bonchev–Trinajstić information content (AvgIpc) is 2.85. The van der Waals surface area contributed by atoms with Gasteiger partial charge in [-0.3, -0.25) is 4.90 Å². The molecule has 3 N–H and O–H groups in total. The van der Waals surface area contributed by atoms with Crippen LogP contribution >= 0.6 is 23.8 Å². The molecule has 3 rings (SSSR count). The Kier molecular flexibility index (Phi) is 10.5. The Morgan fingerprint density at radius 3 is 2.49 bits per heavy atom. The van der Waals surface area contributed by atoms with Crippen molar-refractivity contribution in [2.45, 2.75) is 32.7 Å². The van der Waals surface area contributed by atoms with E-state index in [0.717, 1.165) is 24.1 Å². The summed E-state index contributed by atoms with van der Waals surface area (Å²) in [6, 6.07) is 12.9. The molecule has 35 heavy (non-hydrogen) atoms. The fourth-order valence-electron chi connectivity index (χ4n) is 3.37. The molecule has 1 atom stereocenters. The Labute approximate surface area is 210 Å². The van der Waals surface area contributed by atoms with Crippen molar-refractivity contribution in [2.75, 3.05) is 43.9 Å². The van der Waals surface area contributed by atoms with Crippen LogP contribution in [-0.4, -0.2) is 63.5 Å². The summed E-state index contributed by atoms with van der Waals surface area (Å²) < 4.78 is 74.9. The van der Waals surface area contributed by atoms with Crippen LogP contribution in [0.25, 0.3) is 0 Å². The minimum absolute atomic E-state index is 0.0763. The predicted molar refractivity (Wildman–Crippen MR) is 128 cm³/mol. The molecule has 14 heteroatoms. The minimum atomic E-state index is -5.64. The van der Waals surface area contributed by atoms with Crippen molar-refractivity contribution in [1.29, 1.82) is 0 Å². The third-order valence-electron chi connectivity index (χ3n) is 5.17. The SMILES string of the molecule is NOOSc1ccc(N[C@H](CCN2CCOCC2)CSc2ccccc2)c(S(=O)(=O)C(F)(F)F)c1. The van der Waals surface area contributed by atoms with Gasteiger partial charge in [-0.2, -0.15) is 19.1 Å². The second-order valence-electron chi connectivity index (χ2n) is 7.56. The van der Waals surface area contributed by atoms with Gasteiger partial charge in [-0.05, 0) is 36.8 Å². The fourth-order valence-corrected chi connectivity index (χ4v) is 5.80. The standard InChI is InChI=1S/C21H26F3N3O5S3/c22-21(23,24)35(28,29)20-14-18(34-32-31-25)6-7-19(20)26-16(8-9-27-10-12-30-13-11-27)15-33-17-4-2-1-3-5-17/h1-7,14,16,26H,8-13,15,25H2/t16-/m1/s1. The van der Waals surface area contributed by atoms with E-state index in [9.17, 15) is 21.6 Å². The van der Waals surface area contributed by atoms with Crippen LogP contribution in [0, 0.1) is 0 Å². The van der Waals surface area contributed by atoms with Gasteiger partial charge in [-0.25, -0.2) is 8.42 Å². The summed E-state index contributed by atoms with van der Waals surface area (Å²) in [4.78, 5) is 6.35. The Bertz CT molecular complexity index is 1040. The molecule has 194 valence electrons. The number of hydrogen-bond donors (Lipinski definition) is 2. The van der Waals surface area contributed by atoms with Gasteiger partial charge in [-0.15, -0.1) is 21.1 Å². The monoisotopic (exact) mass is 553 g/mol. The lowest BCUT2D eigenvalue weighted by molar-refractivity contribution is -0.195. The fraction of sp³-hybridized carbons (Fsp3) is 0.429. The number of benzene rings is 2. The molecule has 2 aromatic carbocycles. The molecule has 1 saturated heterocycles. The molecule has 0 aliphatic carbocycles. The van der Waals surface area contributed by atoms with Gasteiger partial charge in [0, 0.05) is 41.2 Å². The molecule has 0 aromatic heterocycles. The van der Waals surface area contributed by atoms with E-state index in [2.05, 4.69) is 19.5 Å². The summed E-state index contributed by atoms with van der Waals surface area (Å²) in [5.41, 5.74) is -5.61. The Hall–Kier alpha value is -1.52. The van der Waals surface area contributed by atoms with Crippen LogP contribution in [-0.2, 0) is 23.9 Å². The molecule has 1 aliphatic heterocycles. The smallest absolute Gasteiger partial charge is 0.380 e. The number of nitrogens with zero attached hydrogens (tertiary/aromatic N) is 1. The maximum atomic E-state index is 13.5. The van der Waals surface area contributed by atoms with E-state index in [1.165, 1.54) is 23.9 Å². The minimum Gasteiger partial charge on any atom is -0.380 e. The molecular formula is C21H26F3N3O5S3. The summed E-state index contributed by atoms with van der Waals surface area (Å²) in [6.07, 6.45) is 0.589. The van der Waals surface area contributed by atoms with Gasteiger partial charge in [-0.1, -0.05) is 18.2 Å². The lowest BCUT2D eigenvalue weighted by Crippen LogP contribution is -2.39. The van der Waals surface area contributed by atoms with Crippen LogP contribution in [0.4, 0.5) is 18.9 Å². The third-order valence-corrected chi connectivity index (χ3v) is 8.46. The second kappa shape index (κ2) is 13.1. The van der Waals surface area contributed by atoms with E-state index in [-0.39, 0.29) is 16.6 Å². The molecule has 2 aromatic rings. The molecule has 1 aliphatic rings. The van der Waals surface area contributed by atoms with Gasteiger partial charge in [0.1, 0.15) is 4.90 Å². The van der Waals surface area contributed by atoms with Crippen molar-refractivity contribution in [3.63, 3.8) is 0 Å². The first-order valence-electron chi connectivity index (χ1n) is 10.6. The van der Waals surface area contributed by atoms with E-state index in [1.54, 1.807) is 0 Å². The highest BCUT2D eigenvalue weighted by Gasteiger charge is 2.48. The van der Waals surface area contributed by atoms with Crippen molar-refractivity contribution in [3.05, 3.63) is 48.5 Å². The molecular weight excluding hydrogens is 527 g/mol. The maximum Gasteiger partial charge on any atom is 0.501 e. The molecule has 8 nitrogen and oxygen atoms in total. The Morgan fingerprint density at radius 1 is 1.11 bits per heavy atom. The summed E-state index contributed by atoms with van der Waals surface area (Å²) in [5, 5.41) is 3.06. The van der Waals surface area contributed by atoms with Gasteiger partial charge >= 0.3 is 5.51 Å². The number of hydrogen-bond acceptors (Lipinski definition) is 10. The zero-order valence-electron chi connectivity index (χ0n) is 18.6. The summed E-state index contributed by atoms with van der Waals surface area (Å²) in [5.74, 6) is 5.29. The van der Waals surface area contributed by atoms with E-state index < -0.39 is 20.2 Å². The third kappa shape index (κ3) is 8.25. The van der Waals surface area contributed by atoms with Crippen LogP contribution in [0.1, 0.15) is 6.42 Å². The van der Waals surface area contributed by atoms with Crippen molar-refractivity contribution >= 4 is 39.3 Å². The predicted octanol–water partition coefficient (Wildman–Crippen LogP) is 4.10. The van der Waals surface area contributed by atoms with Crippen LogP contribution in [0.5, 0.6) is 0 Å².